The molecule has 3 nitrogen and oxygen atoms in total. The van der Waals surface area contributed by atoms with Crippen LogP contribution in [0.5, 0.6) is 0 Å². The first-order chi connectivity index (χ1) is 9.24. The number of fused-ring (bicyclic) bond motifs is 1. The molecule has 1 aromatic carbocycles. The van der Waals surface area contributed by atoms with Gasteiger partial charge in [0.15, 0.2) is 0 Å². The van der Waals surface area contributed by atoms with E-state index >= 15 is 0 Å². The van der Waals surface area contributed by atoms with Gasteiger partial charge in [-0.3, -0.25) is 0 Å². The van der Waals surface area contributed by atoms with Gasteiger partial charge in [0.1, 0.15) is 5.03 Å². The van der Waals surface area contributed by atoms with Crippen LogP contribution in [0.4, 0.5) is 0 Å². The third-order valence-corrected chi connectivity index (χ3v) is 4.69. The van der Waals surface area contributed by atoms with Crippen LogP contribution < -0.4 is 5.69 Å². The maximum absolute atomic E-state index is 11.5. The molecule has 0 bridgehead atoms. The number of halogens is 1. The van der Waals surface area contributed by atoms with Crippen LogP contribution in [0.3, 0.4) is 0 Å². The molecule has 19 heavy (non-hydrogen) atoms. The first-order valence-corrected chi connectivity index (χ1v) is 7.58. The number of hydrogen-bond donors (Lipinski definition) is 1. The second-order valence-electron chi connectivity index (χ2n) is 4.54. The van der Waals surface area contributed by atoms with Gasteiger partial charge in [0.05, 0.1) is 0 Å². The Hall–Kier alpha value is -1.26. The molecular weight excluding hydrogens is 280 g/mol. The summed E-state index contributed by atoms with van der Waals surface area (Å²) in [5, 5.41) is 1.62. The van der Waals surface area contributed by atoms with Crippen molar-refractivity contribution < 1.29 is 0 Å². The van der Waals surface area contributed by atoms with E-state index in [1.165, 1.54) is 5.56 Å². The molecule has 0 unspecified atom stereocenters. The highest BCUT2D eigenvalue weighted by Gasteiger charge is 2.18. The number of aryl methyl sites for hydroxylation is 1. The molecule has 2 aromatic rings. The molecule has 0 atom stereocenters. The van der Waals surface area contributed by atoms with Crippen LogP contribution in [-0.2, 0) is 18.6 Å². The lowest BCUT2D eigenvalue weighted by atomic mass is 10.2. The fourth-order valence-corrected chi connectivity index (χ4v) is 3.69. The number of thioether (sulfide) groups is 1. The van der Waals surface area contributed by atoms with E-state index in [2.05, 4.69) is 9.97 Å². The van der Waals surface area contributed by atoms with Gasteiger partial charge < -0.3 is 4.98 Å². The summed E-state index contributed by atoms with van der Waals surface area (Å²) in [6.45, 7) is 0. The topological polar surface area (TPSA) is 45.8 Å². The van der Waals surface area contributed by atoms with Crippen molar-refractivity contribution in [2.45, 2.75) is 30.0 Å². The predicted octanol–water partition coefficient (Wildman–Crippen LogP) is 3.20. The molecule has 1 heterocycles. The number of benzene rings is 1. The molecule has 0 amide bonds. The minimum absolute atomic E-state index is 0.248. The largest absolute Gasteiger partial charge is 0.346 e. The zero-order valence-corrected chi connectivity index (χ0v) is 11.9. The Kier molecular flexibility index (Phi) is 3.62. The van der Waals surface area contributed by atoms with Crippen LogP contribution in [0, 0.1) is 0 Å². The summed E-state index contributed by atoms with van der Waals surface area (Å²) in [5.41, 5.74) is 3.09. The molecule has 1 aliphatic carbocycles. The molecule has 3 rings (SSSR count). The first-order valence-electron chi connectivity index (χ1n) is 6.22. The molecule has 0 aliphatic heterocycles. The molecule has 1 aliphatic rings. The maximum atomic E-state index is 11.5. The summed E-state index contributed by atoms with van der Waals surface area (Å²) in [5.74, 6) is 0.739. The summed E-state index contributed by atoms with van der Waals surface area (Å²) < 4.78 is 0. The SMILES string of the molecule is O=c1nc(SCc2ccccc2Cl)c2c([nH]1)CCC2. The van der Waals surface area contributed by atoms with Gasteiger partial charge >= 0.3 is 5.69 Å². The number of H-pyrrole nitrogens is 1. The molecule has 0 saturated carbocycles. The van der Waals surface area contributed by atoms with Crippen LogP contribution in [-0.4, -0.2) is 9.97 Å². The summed E-state index contributed by atoms with van der Waals surface area (Å²) in [7, 11) is 0. The average molecular weight is 293 g/mol. The molecule has 0 radical (unpaired) electrons. The van der Waals surface area contributed by atoms with Crippen LogP contribution in [0.1, 0.15) is 23.2 Å². The Bertz CT molecular complexity index is 669. The highest BCUT2D eigenvalue weighted by atomic mass is 35.5. The Morgan fingerprint density at radius 2 is 2.16 bits per heavy atom. The molecular formula is C14H13ClN2OS. The summed E-state index contributed by atoms with van der Waals surface area (Å²) >= 11 is 7.73. The number of nitrogens with zero attached hydrogens (tertiary/aromatic N) is 1. The minimum atomic E-state index is -0.248. The van der Waals surface area contributed by atoms with Crippen LogP contribution in [0.25, 0.3) is 0 Å². The third-order valence-electron chi connectivity index (χ3n) is 3.26. The Labute approximate surface area is 120 Å². The summed E-state index contributed by atoms with van der Waals surface area (Å²) in [6, 6.07) is 7.77. The minimum Gasteiger partial charge on any atom is -0.309 e. The van der Waals surface area contributed by atoms with Crippen LogP contribution in [0.15, 0.2) is 34.1 Å². The van der Waals surface area contributed by atoms with Gasteiger partial charge in [0.2, 0.25) is 0 Å². The van der Waals surface area contributed by atoms with Crippen LogP contribution >= 0.6 is 23.4 Å². The quantitative estimate of drug-likeness (QED) is 0.698. The maximum Gasteiger partial charge on any atom is 0.346 e. The van der Waals surface area contributed by atoms with E-state index in [4.69, 9.17) is 11.6 Å². The molecule has 0 fully saturated rings. The number of aromatic nitrogens is 2. The lowest BCUT2D eigenvalue weighted by Crippen LogP contribution is -2.14. The van der Waals surface area contributed by atoms with E-state index < -0.39 is 0 Å². The highest BCUT2D eigenvalue weighted by Crippen LogP contribution is 2.31. The zero-order chi connectivity index (χ0) is 13.2. The van der Waals surface area contributed by atoms with E-state index in [0.717, 1.165) is 46.3 Å². The van der Waals surface area contributed by atoms with Crippen molar-refractivity contribution in [3.63, 3.8) is 0 Å². The van der Waals surface area contributed by atoms with E-state index in [9.17, 15) is 4.79 Å². The second-order valence-corrected chi connectivity index (χ2v) is 5.91. The third kappa shape index (κ3) is 2.69. The molecule has 1 N–H and O–H groups in total. The predicted molar refractivity (Wildman–Crippen MR) is 77.9 cm³/mol. The average Bonchev–Trinajstić information content (AvgIpc) is 2.85. The number of rotatable bonds is 3. The van der Waals surface area contributed by atoms with Gasteiger partial charge in [-0.1, -0.05) is 29.8 Å². The highest BCUT2D eigenvalue weighted by molar-refractivity contribution is 7.98. The monoisotopic (exact) mass is 292 g/mol. The number of hydrogen-bond acceptors (Lipinski definition) is 3. The van der Waals surface area contributed by atoms with Gasteiger partial charge in [-0.25, -0.2) is 4.79 Å². The smallest absolute Gasteiger partial charge is 0.309 e. The molecule has 1 aromatic heterocycles. The van der Waals surface area contributed by atoms with Gasteiger partial charge in [-0.2, -0.15) is 4.98 Å². The second kappa shape index (κ2) is 5.39. The van der Waals surface area contributed by atoms with Gasteiger partial charge in [0, 0.05) is 22.0 Å². The van der Waals surface area contributed by atoms with Crippen LogP contribution in [0.2, 0.25) is 5.02 Å². The molecule has 0 spiro atoms. The van der Waals surface area contributed by atoms with Gasteiger partial charge in [-0.05, 0) is 30.9 Å². The van der Waals surface area contributed by atoms with E-state index in [1.807, 2.05) is 24.3 Å². The van der Waals surface area contributed by atoms with Gasteiger partial charge in [-0.15, -0.1) is 11.8 Å². The fraction of sp³-hybridized carbons (Fsp3) is 0.286. The normalized spacial score (nSPS) is 13.5. The van der Waals surface area contributed by atoms with Crippen molar-refractivity contribution in [1.82, 2.24) is 9.97 Å². The number of aromatic amines is 1. The van der Waals surface area contributed by atoms with E-state index in [0.29, 0.717) is 0 Å². The molecule has 0 saturated heterocycles. The first kappa shape index (κ1) is 12.8. The van der Waals surface area contributed by atoms with Crippen molar-refractivity contribution in [2.75, 3.05) is 0 Å². The van der Waals surface area contributed by atoms with Crippen molar-refractivity contribution in [2.24, 2.45) is 0 Å². The van der Waals surface area contributed by atoms with E-state index in [1.54, 1.807) is 11.8 Å². The summed E-state index contributed by atoms with van der Waals surface area (Å²) in [6.07, 6.45) is 3.05. The summed E-state index contributed by atoms with van der Waals surface area (Å²) in [4.78, 5) is 18.5. The Morgan fingerprint density at radius 3 is 3.00 bits per heavy atom. The zero-order valence-electron chi connectivity index (χ0n) is 10.3. The fourth-order valence-electron chi connectivity index (χ4n) is 2.32. The van der Waals surface area contributed by atoms with Crippen molar-refractivity contribution in [1.29, 1.82) is 0 Å². The standard InChI is InChI=1S/C14H13ClN2OS/c15-11-6-2-1-4-9(11)8-19-13-10-5-3-7-12(10)16-14(18)17-13/h1-2,4,6H,3,5,7-8H2,(H,16,17,18). The lowest BCUT2D eigenvalue weighted by Gasteiger charge is -2.07. The molecule has 5 heteroatoms. The Morgan fingerprint density at radius 1 is 1.32 bits per heavy atom. The van der Waals surface area contributed by atoms with Crippen molar-refractivity contribution >= 4 is 23.4 Å². The van der Waals surface area contributed by atoms with Gasteiger partial charge in [0.25, 0.3) is 0 Å². The Balaban J connectivity index is 1.85. The van der Waals surface area contributed by atoms with E-state index in [-0.39, 0.29) is 5.69 Å². The number of nitrogens with one attached hydrogen (secondary N) is 1. The van der Waals surface area contributed by atoms with Crippen molar-refractivity contribution in [3.05, 3.63) is 56.6 Å². The molecule has 98 valence electrons. The lowest BCUT2D eigenvalue weighted by molar-refractivity contribution is 0.895. The van der Waals surface area contributed by atoms with Crippen molar-refractivity contribution in [3.8, 4) is 0 Å².